The Hall–Kier alpha value is -7.29. The van der Waals surface area contributed by atoms with Crippen LogP contribution in [0, 0.1) is 5.82 Å². The van der Waals surface area contributed by atoms with Gasteiger partial charge in [-0.15, -0.1) is 22.7 Å². The molecule has 0 bridgehead atoms. The zero-order valence-corrected chi connectivity index (χ0v) is 33.7. The third-order valence-electron chi connectivity index (χ3n) is 9.97. The Morgan fingerprint density at radius 1 is 0.800 bits per heavy atom. The van der Waals surface area contributed by atoms with Crippen LogP contribution in [0.1, 0.15) is 60.2 Å². The molecule has 2 N–H and O–H groups in total. The van der Waals surface area contributed by atoms with Crippen molar-refractivity contribution in [2.24, 2.45) is 0 Å². The number of hydrogen-bond acceptors (Lipinski definition) is 9. The number of nitrogens with zero attached hydrogens (tertiary/aromatic N) is 6. The van der Waals surface area contributed by atoms with Crippen molar-refractivity contribution < 1.29 is 18.7 Å². The highest BCUT2D eigenvalue weighted by Crippen LogP contribution is 2.33. The first-order chi connectivity index (χ1) is 29.3. The average molecular weight is 831 g/mol. The van der Waals surface area contributed by atoms with Crippen LogP contribution in [0.3, 0.4) is 0 Å². The standard InChI is InChI=1S/C46H35FN8O3S2/c1-58-37-11-9-31(38(47)23-37)8-10-36-27-59-45(50-36)52-43(56)41-7-4-18-54(41)25-30-14-17-49-39(19-30)35-22-42(55(26-35)24-29-12-15-48-16-13-29)44(57)53-46-51-40(28-60-46)34-20-32-5-2-3-6-33(32)21-34/h2-20,22-23,26-28H,21,24-25H2,1H3,(H,50,52,56)(H,51,53,57)/b10-8+. The molecule has 1 aliphatic carbocycles. The number of fused-ring (bicyclic) bond motifs is 1. The van der Waals surface area contributed by atoms with Crippen molar-refractivity contribution in [2.75, 3.05) is 17.7 Å². The number of hydrogen-bond donors (Lipinski definition) is 2. The number of ether oxygens (including phenoxy) is 1. The van der Waals surface area contributed by atoms with Crippen molar-refractivity contribution >= 4 is 68.6 Å². The summed E-state index contributed by atoms with van der Waals surface area (Å²) in [5.74, 6) is -0.573. The second-order valence-corrected chi connectivity index (χ2v) is 15.7. The summed E-state index contributed by atoms with van der Waals surface area (Å²) >= 11 is 2.67. The summed E-state index contributed by atoms with van der Waals surface area (Å²) in [6.07, 6.45) is 15.2. The van der Waals surface area contributed by atoms with Crippen LogP contribution in [0.2, 0.25) is 0 Å². The second kappa shape index (κ2) is 16.9. The minimum atomic E-state index is -0.408. The van der Waals surface area contributed by atoms with E-state index < -0.39 is 5.82 Å². The molecule has 2 amide bonds. The van der Waals surface area contributed by atoms with Gasteiger partial charge in [0.05, 0.1) is 24.2 Å². The van der Waals surface area contributed by atoms with Gasteiger partial charge in [0.25, 0.3) is 11.8 Å². The summed E-state index contributed by atoms with van der Waals surface area (Å²) < 4.78 is 23.2. The lowest BCUT2D eigenvalue weighted by Gasteiger charge is -2.10. The number of halogens is 1. The molecule has 0 spiro atoms. The lowest BCUT2D eigenvalue weighted by molar-refractivity contribution is 0.101. The Bertz CT molecular complexity index is 2930. The summed E-state index contributed by atoms with van der Waals surface area (Å²) in [6.45, 7) is 0.836. The third-order valence-corrected chi connectivity index (χ3v) is 11.5. The van der Waals surface area contributed by atoms with Gasteiger partial charge in [-0.1, -0.05) is 24.3 Å². The Morgan fingerprint density at radius 2 is 1.58 bits per heavy atom. The summed E-state index contributed by atoms with van der Waals surface area (Å²) in [7, 11) is 1.49. The first kappa shape index (κ1) is 38.2. The van der Waals surface area contributed by atoms with Crippen molar-refractivity contribution in [1.29, 1.82) is 0 Å². The largest absolute Gasteiger partial charge is 0.497 e. The van der Waals surface area contributed by atoms with Gasteiger partial charge < -0.3 is 13.9 Å². The van der Waals surface area contributed by atoms with Crippen molar-refractivity contribution in [1.82, 2.24) is 29.1 Å². The number of aromatic nitrogens is 6. The van der Waals surface area contributed by atoms with Crippen molar-refractivity contribution in [3.8, 4) is 17.0 Å². The van der Waals surface area contributed by atoms with E-state index in [9.17, 15) is 14.0 Å². The number of allylic oxidation sites excluding steroid dienone is 1. The summed E-state index contributed by atoms with van der Waals surface area (Å²) in [5, 5.41) is 10.6. The fourth-order valence-electron chi connectivity index (χ4n) is 6.95. The van der Waals surface area contributed by atoms with E-state index in [0.717, 1.165) is 34.4 Å². The van der Waals surface area contributed by atoms with Crippen LogP contribution in [0.25, 0.3) is 35.1 Å². The van der Waals surface area contributed by atoms with Gasteiger partial charge in [-0.25, -0.2) is 14.4 Å². The van der Waals surface area contributed by atoms with Crippen molar-refractivity contribution in [3.63, 3.8) is 0 Å². The molecule has 6 aromatic heterocycles. The quantitative estimate of drug-likeness (QED) is 0.118. The number of carbonyl (C=O) groups is 2. The molecule has 1 aliphatic rings. The number of nitrogens with one attached hydrogen (secondary N) is 2. The Labute approximate surface area is 352 Å². The lowest BCUT2D eigenvalue weighted by atomic mass is 10.1. The van der Waals surface area contributed by atoms with Crippen LogP contribution < -0.4 is 15.4 Å². The number of carbonyl (C=O) groups excluding carboxylic acids is 2. The molecule has 0 radical (unpaired) electrons. The van der Waals surface area contributed by atoms with Crippen LogP contribution >= 0.6 is 22.7 Å². The Balaban J connectivity index is 0.899. The van der Waals surface area contributed by atoms with Crippen molar-refractivity contribution in [3.05, 3.63) is 183 Å². The molecule has 9 rings (SSSR count). The van der Waals surface area contributed by atoms with E-state index in [1.807, 2.05) is 75.4 Å². The normalized spacial score (nSPS) is 12.1. The van der Waals surface area contributed by atoms with Gasteiger partial charge in [0.2, 0.25) is 0 Å². The number of methoxy groups -OCH3 is 1. The highest BCUT2D eigenvalue weighted by molar-refractivity contribution is 7.14. The topological polar surface area (TPSA) is 129 Å². The minimum absolute atomic E-state index is 0.284. The van der Waals surface area contributed by atoms with Crippen molar-refractivity contribution in [2.45, 2.75) is 19.5 Å². The molecular formula is C46H35FN8O3S2. The molecule has 0 unspecified atom stereocenters. The fourth-order valence-corrected chi connectivity index (χ4v) is 8.36. The molecule has 0 saturated carbocycles. The van der Waals surface area contributed by atoms with Gasteiger partial charge in [0.1, 0.15) is 23.0 Å². The summed E-state index contributed by atoms with van der Waals surface area (Å²) in [5.41, 5.74) is 9.65. The van der Waals surface area contributed by atoms with E-state index in [4.69, 9.17) is 9.72 Å². The number of benzene rings is 2. The van der Waals surface area contributed by atoms with E-state index in [0.29, 0.717) is 57.4 Å². The molecule has 0 aliphatic heterocycles. The first-order valence-electron chi connectivity index (χ1n) is 18.9. The molecule has 0 atom stereocenters. The monoisotopic (exact) mass is 830 g/mol. The van der Waals surface area contributed by atoms with E-state index in [-0.39, 0.29) is 11.8 Å². The maximum Gasteiger partial charge on any atom is 0.274 e. The number of anilines is 2. The predicted octanol–water partition coefficient (Wildman–Crippen LogP) is 9.68. The molecule has 0 saturated heterocycles. The Morgan fingerprint density at radius 3 is 2.42 bits per heavy atom. The van der Waals surface area contributed by atoms with E-state index >= 15 is 0 Å². The number of amides is 2. The van der Waals surface area contributed by atoms with E-state index in [1.54, 1.807) is 54.3 Å². The van der Waals surface area contributed by atoms with Gasteiger partial charge in [-0.2, -0.15) is 0 Å². The van der Waals surface area contributed by atoms with E-state index in [2.05, 4.69) is 43.8 Å². The first-order valence-corrected chi connectivity index (χ1v) is 20.6. The molecule has 296 valence electrons. The van der Waals surface area contributed by atoms with Gasteiger partial charge in [-0.3, -0.25) is 30.2 Å². The number of thiazole rings is 2. The van der Waals surface area contributed by atoms with Crippen LogP contribution in [0.15, 0.2) is 127 Å². The SMILES string of the molecule is COc1ccc(/C=C/c2csc(NC(=O)c3cccn3Cc3ccnc(-c4cc(C(=O)Nc5nc(C6=Cc7ccccc7C6)cs5)n(Cc5ccncc5)c4)c3)n2)c(F)c1. The highest BCUT2D eigenvalue weighted by atomic mass is 32.1. The molecule has 14 heteroatoms. The third kappa shape index (κ3) is 8.46. The molecule has 2 aromatic carbocycles. The minimum Gasteiger partial charge on any atom is -0.497 e. The fraction of sp³-hybridized carbons (Fsp3) is 0.0870. The maximum absolute atomic E-state index is 14.4. The molecule has 8 aromatic rings. The maximum atomic E-state index is 14.4. The molecule has 60 heavy (non-hydrogen) atoms. The smallest absolute Gasteiger partial charge is 0.274 e. The van der Waals surface area contributed by atoms with Gasteiger partial charge in [0, 0.05) is 78.4 Å². The summed E-state index contributed by atoms with van der Waals surface area (Å²) in [4.78, 5) is 45.5. The molecule has 11 nitrogen and oxygen atoms in total. The van der Waals surface area contributed by atoms with Crippen LogP contribution in [0.4, 0.5) is 14.7 Å². The zero-order chi connectivity index (χ0) is 41.0. The van der Waals surface area contributed by atoms with E-state index in [1.165, 1.54) is 47.0 Å². The van der Waals surface area contributed by atoms with Gasteiger partial charge in [-0.05, 0) is 101 Å². The van der Waals surface area contributed by atoms with Crippen LogP contribution in [-0.4, -0.2) is 48.0 Å². The second-order valence-electron chi connectivity index (χ2n) is 14.0. The molecule has 0 fully saturated rings. The van der Waals surface area contributed by atoms with Gasteiger partial charge in [0.15, 0.2) is 10.3 Å². The highest BCUT2D eigenvalue weighted by Gasteiger charge is 2.21. The Kier molecular flexibility index (Phi) is 10.8. The van der Waals surface area contributed by atoms with Crippen LogP contribution in [-0.2, 0) is 19.5 Å². The number of rotatable bonds is 13. The lowest BCUT2D eigenvalue weighted by Crippen LogP contribution is -2.17. The van der Waals surface area contributed by atoms with Gasteiger partial charge >= 0.3 is 0 Å². The molecular weight excluding hydrogens is 796 g/mol. The predicted molar refractivity (Wildman–Crippen MR) is 235 cm³/mol. The van der Waals surface area contributed by atoms with Crippen LogP contribution in [0.5, 0.6) is 5.75 Å². The molecule has 6 heterocycles. The zero-order valence-electron chi connectivity index (χ0n) is 32.1. The number of pyridine rings is 2. The summed E-state index contributed by atoms with van der Waals surface area (Å²) in [6, 6.07) is 26.0. The average Bonchev–Trinajstić information content (AvgIpc) is 4.12.